The maximum absolute atomic E-state index is 12.8. The molecule has 1 saturated heterocycles. The second-order valence-corrected chi connectivity index (χ2v) is 6.86. The number of benzene rings is 1. The molecule has 0 radical (unpaired) electrons. The van der Waals surface area contributed by atoms with Gasteiger partial charge in [-0.05, 0) is 44.5 Å². The molecule has 6 nitrogen and oxygen atoms in total. The highest BCUT2D eigenvalue weighted by molar-refractivity contribution is 6.30. The van der Waals surface area contributed by atoms with Crippen LogP contribution in [-0.4, -0.2) is 54.9 Å². The van der Waals surface area contributed by atoms with Crippen molar-refractivity contribution in [2.75, 3.05) is 33.3 Å². The third-order valence-corrected chi connectivity index (χ3v) is 4.58. The van der Waals surface area contributed by atoms with Crippen LogP contribution < -0.4 is 10.5 Å². The average molecular weight is 368 g/mol. The maximum atomic E-state index is 12.8. The number of nitrogens with zero attached hydrogens (tertiary/aromatic N) is 2. The third kappa shape index (κ3) is 5.61. The quantitative estimate of drug-likeness (QED) is 0.798. The van der Waals surface area contributed by atoms with Crippen LogP contribution in [0.15, 0.2) is 18.2 Å². The van der Waals surface area contributed by atoms with E-state index in [1.54, 1.807) is 18.0 Å². The Morgan fingerprint density at radius 1 is 1.44 bits per heavy atom. The van der Waals surface area contributed by atoms with Crippen molar-refractivity contribution in [3.63, 3.8) is 0 Å². The molecule has 1 aromatic rings. The molecule has 1 aliphatic rings. The summed E-state index contributed by atoms with van der Waals surface area (Å²) in [5, 5.41) is 0.615. The van der Waals surface area contributed by atoms with Gasteiger partial charge in [0.05, 0.1) is 19.1 Å². The Morgan fingerprint density at radius 3 is 2.88 bits per heavy atom. The van der Waals surface area contributed by atoms with Crippen molar-refractivity contribution in [3.05, 3.63) is 28.8 Å². The number of hydrogen-bond acceptors (Lipinski definition) is 4. The van der Waals surface area contributed by atoms with E-state index >= 15 is 0 Å². The van der Waals surface area contributed by atoms with E-state index in [-0.39, 0.29) is 24.3 Å². The molecule has 0 saturated carbocycles. The van der Waals surface area contributed by atoms with E-state index in [2.05, 4.69) is 0 Å². The molecule has 2 amide bonds. The van der Waals surface area contributed by atoms with E-state index in [4.69, 9.17) is 22.1 Å². The predicted octanol–water partition coefficient (Wildman–Crippen LogP) is 1.89. The molecule has 1 fully saturated rings. The molecule has 1 aromatic carbocycles. The predicted molar refractivity (Wildman–Crippen MR) is 97.5 cm³/mol. The van der Waals surface area contributed by atoms with E-state index in [9.17, 15) is 9.59 Å². The van der Waals surface area contributed by atoms with Gasteiger partial charge in [0.1, 0.15) is 5.75 Å². The Labute approximate surface area is 153 Å². The summed E-state index contributed by atoms with van der Waals surface area (Å²) in [6.07, 6.45) is 1.71. The number of piperidine rings is 1. The van der Waals surface area contributed by atoms with Gasteiger partial charge < -0.3 is 15.4 Å². The molecule has 7 heteroatoms. The van der Waals surface area contributed by atoms with Crippen molar-refractivity contribution in [1.82, 2.24) is 9.80 Å². The average Bonchev–Trinajstić information content (AvgIpc) is 2.56. The van der Waals surface area contributed by atoms with Gasteiger partial charge in [0.2, 0.25) is 11.8 Å². The normalized spacial score (nSPS) is 18.0. The van der Waals surface area contributed by atoms with Gasteiger partial charge in [0.15, 0.2) is 0 Å². The van der Waals surface area contributed by atoms with Crippen molar-refractivity contribution in [2.45, 2.75) is 26.3 Å². The zero-order chi connectivity index (χ0) is 18.4. The Balaban J connectivity index is 2.02. The number of nitrogens with two attached hydrogens (primary N) is 1. The van der Waals surface area contributed by atoms with E-state index in [0.717, 1.165) is 30.7 Å². The van der Waals surface area contributed by atoms with Crippen LogP contribution in [0.1, 0.15) is 25.3 Å². The van der Waals surface area contributed by atoms with Crippen LogP contribution in [0.5, 0.6) is 5.75 Å². The molecule has 0 aliphatic carbocycles. The molecular formula is C18H26ClN3O3. The van der Waals surface area contributed by atoms with Gasteiger partial charge in [-0.15, -0.1) is 0 Å². The molecule has 1 aliphatic heterocycles. The molecule has 0 bridgehead atoms. The van der Waals surface area contributed by atoms with E-state index in [0.29, 0.717) is 24.7 Å². The summed E-state index contributed by atoms with van der Waals surface area (Å²) in [6, 6.07) is 5.44. The van der Waals surface area contributed by atoms with Crippen LogP contribution in [0.3, 0.4) is 0 Å². The molecule has 1 atom stereocenters. The summed E-state index contributed by atoms with van der Waals surface area (Å²) in [5.74, 6) is 0.330. The molecule has 2 N–H and O–H groups in total. The highest BCUT2D eigenvalue weighted by atomic mass is 35.5. The lowest BCUT2D eigenvalue weighted by Crippen LogP contribution is -2.46. The first-order chi connectivity index (χ1) is 11.9. The number of likely N-dealkylation sites (tertiary alicyclic amines) is 1. The van der Waals surface area contributed by atoms with Crippen LogP contribution in [0.25, 0.3) is 0 Å². The van der Waals surface area contributed by atoms with Crippen LogP contribution in [0, 0.1) is 5.92 Å². The van der Waals surface area contributed by atoms with Gasteiger partial charge >= 0.3 is 0 Å². The van der Waals surface area contributed by atoms with Gasteiger partial charge in [0.25, 0.3) is 0 Å². The fraction of sp³-hybridized carbons (Fsp3) is 0.556. The van der Waals surface area contributed by atoms with Crippen LogP contribution in [0.4, 0.5) is 0 Å². The first kappa shape index (κ1) is 19.5. The second-order valence-electron chi connectivity index (χ2n) is 6.42. The zero-order valence-electron chi connectivity index (χ0n) is 14.8. The fourth-order valence-electron chi connectivity index (χ4n) is 3.23. The van der Waals surface area contributed by atoms with Gasteiger partial charge in [-0.2, -0.15) is 0 Å². The highest BCUT2D eigenvalue weighted by Gasteiger charge is 2.28. The lowest BCUT2D eigenvalue weighted by Gasteiger charge is -2.33. The van der Waals surface area contributed by atoms with Crippen LogP contribution in [0.2, 0.25) is 5.02 Å². The largest absolute Gasteiger partial charge is 0.494 e. The summed E-state index contributed by atoms with van der Waals surface area (Å²) in [7, 11) is 1.78. The maximum Gasteiger partial charge on any atom is 0.231 e. The Kier molecular flexibility index (Phi) is 7.08. The van der Waals surface area contributed by atoms with E-state index in [1.165, 1.54) is 0 Å². The van der Waals surface area contributed by atoms with Crippen molar-refractivity contribution in [2.24, 2.45) is 11.7 Å². The van der Waals surface area contributed by atoms with Gasteiger partial charge in [0, 0.05) is 30.7 Å². The van der Waals surface area contributed by atoms with Crippen LogP contribution >= 0.6 is 11.6 Å². The highest BCUT2D eigenvalue weighted by Crippen LogP contribution is 2.25. The molecule has 0 aromatic heterocycles. The van der Waals surface area contributed by atoms with E-state index < -0.39 is 0 Å². The minimum absolute atomic E-state index is 0.0663. The SMILES string of the molecule is CCOc1ccc(Cl)cc1CN(C)C(=O)[C@@H]1CCCN(CC(N)=O)C1. The number of ether oxygens (including phenoxy) is 1. The van der Waals surface area contributed by atoms with Crippen molar-refractivity contribution in [3.8, 4) is 5.75 Å². The zero-order valence-corrected chi connectivity index (χ0v) is 15.6. The summed E-state index contributed by atoms with van der Waals surface area (Å²) in [5.41, 5.74) is 6.15. The second kappa shape index (κ2) is 9.06. The minimum Gasteiger partial charge on any atom is -0.494 e. The summed E-state index contributed by atoms with van der Waals surface area (Å²) < 4.78 is 5.62. The lowest BCUT2D eigenvalue weighted by atomic mass is 9.96. The molecular weight excluding hydrogens is 342 g/mol. The number of primary amides is 1. The van der Waals surface area contributed by atoms with E-state index in [1.807, 2.05) is 24.0 Å². The first-order valence-electron chi connectivity index (χ1n) is 8.57. The fourth-order valence-corrected chi connectivity index (χ4v) is 3.43. The molecule has 138 valence electrons. The lowest BCUT2D eigenvalue weighted by molar-refractivity contribution is -0.137. The van der Waals surface area contributed by atoms with Gasteiger partial charge in [-0.25, -0.2) is 0 Å². The van der Waals surface area contributed by atoms with Crippen molar-refractivity contribution < 1.29 is 14.3 Å². The Morgan fingerprint density at radius 2 is 2.20 bits per heavy atom. The third-order valence-electron chi connectivity index (χ3n) is 4.34. The summed E-state index contributed by atoms with van der Waals surface area (Å²) >= 11 is 6.09. The first-order valence-corrected chi connectivity index (χ1v) is 8.95. The molecule has 2 rings (SSSR count). The number of rotatable bonds is 7. The standard InChI is InChI=1S/C18H26ClN3O3/c1-3-25-16-7-6-15(19)9-14(16)10-21(2)18(24)13-5-4-8-22(11-13)12-17(20)23/h6-7,9,13H,3-5,8,10-12H2,1-2H3,(H2,20,23)/t13-/m1/s1. The molecule has 0 unspecified atom stereocenters. The van der Waals surface area contributed by atoms with Crippen molar-refractivity contribution >= 4 is 23.4 Å². The topological polar surface area (TPSA) is 75.9 Å². The number of hydrogen-bond donors (Lipinski definition) is 1. The molecule has 25 heavy (non-hydrogen) atoms. The number of carbonyl (C=O) groups is 2. The van der Waals surface area contributed by atoms with Crippen LogP contribution in [-0.2, 0) is 16.1 Å². The molecule has 1 heterocycles. The van der Waals surface area contributed by atoms with Gasteiger partial charge in [-0.1, -0.05) is 11.6 Å². The Bertz CT molecular complexity index is 624. The minimum atomic E-state index is -0.360. The molecule has 0 spiro atoms. The van der Waals surface area contributed by atoms with Crippen molar-refractivity contribution in [1.29, 1.82) is 0 Å². The number of amides is 2. The smallest absolute Gasteiger partial charge is 0.231 e. The number of halogens is 1. The summed E-state index contributed by atoms with van der Waals surface area (Å²) in [4.78, 5) is 27.6. The van der Waals surface area contributed by atoms with Gasteiger partial charge in [-0.3, -0.25) is 14.5 Å². The Hall–Kier alpha value is -1.79. The number of carbonyl (C=O) groups excluding carboxylic acids is 2. The summed E-state index contributed by atoms with van der Waals surface area (Å²) in [6.45, 7) is 4.48. The monoisotopic (exact) mass is 367 g/mol.